The molecule has 0 rings (SSSR count). The van der Waals surface area contributed by atoms with E-state index in [1.165, 1.54) is 205 Å². The third-order valence-corrected chi connectivity index (χ3v) is 12.8. The van der Waals surface area contributed by atoms with Crippen LogP contribution in [-0.4, -0.2) is 46.9 Å². The van der Waals surface area contributed by atoms with Crippen molar-refractivity contribution >= 4 is 11.9 Å². The van der Waals surface area contributed by atoms with Crippen LogP contribution in [0.25, 0.3) is 0 Å². The van der Waals surface area contributed by atoms with Gasteiger partial charge in [-0.15, -0.1) is 0 Å². The molecule has 6 nitrogen and oxygen atoms in total. The maximum Gasteiger partial charge on any atom is 0.306 e. The van der Waals surface area contributed by atoms with E-state index < -0.39 is 18.2 Å². The maximum atomic E-state index is 13.2. The van der Waals surface area contributed by atoms with Crippen LogP contribution in [0.15, 0.2) is 12.2 Å². The Balaban J connectivity index is 4.49. The van der Waals surface area contributed by atoms with Crippen molar-refractivity contribution in [2.24, 2.45) is 0 Å². The summed E-state index contributed by atoms with van der Waals surface area (Å²) in [5.74, 6) is -0.484. The molecule has 0 aromatic carbocycles. The van der Waals surface area contributed by atoms with Gasteiger partial charge < -0.3 is 20.3 Å². The average molecular weight is 862 g/mol. The summed E-state index contributed by atoms with van der Waals surface area (Å²) < 4.78 is 5.92. The van der Waals surface area contributed by atoms with Crippen LogP contribution in [-0.2, 0) is 14.3 Å². The molecule has 0 aliphatic carbocycles. The molecule has 0 aliphatic rings. The predicted molar refractivity (Wildman–Crippen MR) is 264 cm³/mol. The molecular weight excluding hydrogens is 755 g/mol. The quantitative estimate of drug-likeness (QED) is 0.0322. The Bertz CT molecular complexity index is 924. The van der Waals surface area contributed by atoms with Gasteiger partial charge >= 0.3 is 5.97 Å². The molecule has 0 saturated heterocycles. The second-order valence-electron chi connectivity index (χ2n) is 19.0. The number of rotatable bonds is 50. The first-order valence-electron chi connectivity index (χ1n) is 27.4. The third-order valence-electron chi connectivity index (χ3n) is 12.8. The predicted octanol–water partition coefficient (Wildman–Crippen LogP) is 16.5. The molecule has 1 amide bonds. The number of carbonyl (C=O) groups excluding carboxylic acids is 2. The highest BCUT2D eigenvalue weighted by Crippen LogP contribution is 2.18. The maximum absolute atomic E-state index is 13.2. The van der Waals surface area contributed by atoms with Crippen molar-refractivity contribution in [1.29, 1.82) is 0 Å². The smallest absolute Gasteiger partial charge is 0.306 e. The Morgan fingerprint density at radius 3 is 1.20 bits per heavy atom. The minimum atomic E-state index is -0.789. The fourth-order valence-electron chi connectivity index (χ4n) is 8.67. The molecule has 0 fully saturated rings. The van der Waals surface area contributed by atoms with E-state index in [0.717, 1.165) is 51.4 Å². The zero-order valence-electron chi connectivity index (χ0n) is 41.3. The number of nitrogens with one attached hydrogen (secondary N) is 1. The SMILES string of the molecule is CCCCCCCCC/C=C\CCCC(CC(=O)NC(CO)C(O)CCCCCCCCCCCCCCCCCC)OC(=O)CCCCCCCCCCCCCCCC. The lowest BCUT2D eigenvalue weighted by Crippen LogP contribution is -2.46. The topological polar surface area (TPSA) is 95.9 Å². The van der Waals surface area contributed by atoms with Gasteiger partial charge in [-0.05, 0) is 44.9 Å². The van der Waals surface area contributed by atoms with Gasteiger partial charge in [-0.25, -0.2) is 0 Å². The van der Waals surface area contributed by atoms with Gasteiger partial charge in [0.05, 0.1) is 25.2 Å². The van der Waals surface area contributed by atoms with Gasteiger partial charge in [-0.1, -0.05) is 258 Å². The van der Waals surface area contributed by atoms with Crippen LogP contribution in [0.1, 0.15) is 303 Å². The third kappa shape index (κ3) is 45.0. The molecule has 0 aliphatic heterocycles. The van der Waals surface area contributed by atoms with Crippen molar-refractivity contribution in [3.8, 4) is 0 Å². The number of hydrogen-bond acceptors (Lipinski definition) is 5. The molecule has 0 spiro atoms. The van der Waals surface area contributed by atoms with Gasteiger partial charge in [0.2, 0.25) is 5.91 Å². The first-order chi connectivity index (χ1) is 30.0. The second-order valence-corrected chi connectivity index (χ2v) is 19.0. The molecule has 6 heteroatoms. The molecule has 3 unspecified atom stereocenters. The molecule has 362 valence electrons. The van der Waals surface area contributed by atoms with Gasteiger partial charge in [0, 0.05) is 6.42 Å². The van der Waals surface area contributed by atoms with Gasteiger partial charge in [0.25, 0.3) is 0 Å². The first kappa shape index (κ1) is 59.6. The molecule has 0 aromatic rings. The van der Waals surface area contributed by atoms with Crippen molar-refractivity contribution in [3.63, 3.8) is 0 Å². The monoisotopic (exact) mass is 862 g/mol. The van der Waals surface area contributed by atoms with Gasteiger partial charge in [0.1, 0.15) is 6.10 Å². The summed E-state index contributed by atoms with van der Waals surface area (Å²) in [6.07, 6.45) is 55.6. The van der Waals surface area contributed by atoms with Crippen molar-refractivity contribution in [2.45, 2.75) is 322 Å². The number of aliphatic hydroxyl groups excluding tert-OH is 2. The molecular formula is C55H107NO5. The Morgan fingerprint density at radius 1 is 0.459 bits per heavy atom. The van der Waals surface area contributed by atoms with Crippen LogP contribution < -0.4 is 5.32 Å². The minimum Gasteiger partial charge on any atom is -0.462 e. The fourth-order valence-corrected chi connectivity index (χ4v) is 8.67. The number of carbonyl (C=O) groups is 2. The van der Waals surface area contributed by atoms with E-state index in [1.54, 1.807) is 0 Å². The van der Waals surface area contributed by atoms with E-state index in [2.05, 4.69) is 38.2 Å². The van der Waals surface area contributed by atoms with E-state index in [-0.39, 0.29) is 24.9 Å². The lowest BCUT2D eigenvalue weighted by atomic mass is 10.0. The largest absolute Gasteiger partial charge is 0.462 e. The Kier molecular flexibility index (Phi) is 48.5. The fraction of sp³-hybridized carbons (Fsp3) is 0.927. The lowest BCUT2D eigenvalue weighted by molar-refractivity contribution is -0.151. The van der Waals surface area contributed by atoms with Crippen LogP contribution in [0.4, 0.5) is 0 Å². The molecule has 0 bridgehead atoms. The van der Waals surface area contributed by atoms with Crippen LogP contribution in [0.2, 0.25) is 0 Å². The lowest BCUT2D eigenvalue weighted by Gasteiger charge is -2.24. The van der Waals surface area contributed by atoms with Crippen LogP contribution in [0.5, 0.6) is 0 Å². The van der Waals surface area contributed by atoms with Gasteiger partial charge in [0.15, 0.2) is 0 Å². The zero-order valence-corrected chi connectivity index (χ0v) is 41.3. The van der Waals surface area contributed by atoms with Crippen molar-refractivity contribution in [1.82, 2.24) is 5.32 Å². The highest BCUT2D eigenvalue weighted by atomic mass is 16.5. The van der Waals surface area contributed by atoms with E-state index in [0.29, 0.717) is 19.3 Å². The number of aliphatic hydroxyl groups is 2. The van der Waals surface area contributed by atoms with Crippen LogP contribution in [0, 0.1) is 0 Å². The van der Waals surface area contributed by atoms with Crippen molar-refractivity contribution < 1.29 is 24.5 Å². The zero-order chi connectivity index (χ0) is 44.5. The summed E-state index contributed by atoms with van der Waals surface area (Å²) in [5.41, 5.74) is 0. The van der Waals surface area contributed by atoms with Crippen LogP contribution in [0.3, 0.4) is 0 Å². The standard InChI is InChI=1S/C55H107NO5/c1-4-7-10-13-16-19-22-25-27-28-29-32-35-38-41-44-47-53(58)52(50-57)56-54(59)49-51(46-43-40-37-34-31-24-21-18-15-12-9-6-3)61-55(60)48-45-42-39-36-33-30-26-23-20-17-14-11-8-5-2/h34,37,51-53,57-58H,4-33,35-36,38-50H2,1-3H3,(H,56,59)/b37-34-. The minimum absolute atomic E-state index is 0.0640. The Labute approximate surface area is 380 Å². The molecule has 0 heterocycles. The normalized spacial score (nSPS) is 13.2. The summed E-state index contributed by atoms with van der Waals surface area (Å²) in [4.78, 5) is 26.1. The van der Waals surface area contributed by atoms with E-state index in [1.807, 2.05) is 0 Å². The Morgan fingerprint density at radius 2 is 0.803 bits per heavy atom. The number of ether oxygens (including phenoxy) is 1. The van der Waals surface area contributed by atoms with Gasteiger partial charge in [-0.3, -0.25) is 9.59 Å². The summed E-state index contributed by atoms with van der Waals surface area (Å²) in [5, 5.41) is 23.8. The summed E-state index contributed by atoms with van der Waals surface area (Å²) in [7, 11) is 0. The molecule has 3 N–H and O–H groups in total. The number of hydrogen-bond donors (Lipinski definition) is 3. The highest BCUT2D eigenvalue weighted by Gasteiger charge is 2.24. The number of allylic oxidation sites excluding steroid dienone is 2. The summed E-state index contributed by atoms with van der Waals surface area (Å²) in [6.45, 7) is 6.50. The molecule has 0 aromatic heterocycles. The first-order valence-corrected chi connectivity index (χ1v) is 27.4. The second kappa shape index (κ2) is 49.6. The van der Waals surface area contributed by atoms with Gasteiger partial charge in [-0.2, -0.15) is 0 Å². The Hall–Kier alpha value is -1.40. The van der Waals surface area contributed by atoms with E-state index in [9.17, 15) is 19.8 Å². The average Bonchev–Trinajstić information content (AvgIpc) is 3.25. The number of unbranched alkanes of at least 4 members (excludes halogenated alkanes) is 36. The van der Waals surface area contributed by atoms with E-state index >= 15 is 0 Å². The van der Waals surface area contributed by atoms with E-state index in [4.69, 9.17) is 4.74 Å². The highest BCUT2D eigenvalue weighted by molar-refractivity contribution is 5.77. The summed E-state index contributed by atoms with van der Waals surface area (Å²) in [6, 6.07) is -0.703. The van der Waals surface area contributed by atoms with Crippen molar-refractivity contribution in [3.05, 3.63) is 12.2 Å². The molecule has 3 atom stereocenters. The van der Waals surface area contributed by atoms with Crippen LogP contribution >= 0.6 is 0 Å². The number of esters is 1. The van der Waals surface area contributed by atoms with Crippen molar-refractivity contribution in [2.75, 3.05) is 6.61 Å². The molecule has 61 heavy (non-hydrogen) atoms. The molecule has 0 radical (unpaired) electrons. The molecule has 0 saturated carbocycles. The number of amides is 1. The summed E-state index contributed by atoms with van der Waals surface area (Å²) >= 11 is 0.